The molecular formula is C12H16N2O3S. The lowest BCUT2D eigenvalue weighted by Crippen LogP contribution is -2.55. The molecule has 2 rings (SSSR count). The molecule has 5 nitrogen and oxygen atoms in total. The zero-order valence-corrected chi connectivity index (χ0v) is 11.2. The van der Waals surface area contributed by atoms with E-state index >= 15 is 0 Å². The zero-order valence-electron chi connectivity index (χ0n) is 10.4. The molecule has 0 spiro atoms. The van der Waals surface area contributed by atoms with Crippen LogP contribution in [0.2, 0.25) is 0 Å². The van der Waals surface area contributed by atoms with Crippen LogP contribution in [0.15, 0.2) is 11.6 Å². The first-order valence-electron chi connectivity index (χ1n) is 5.84. The molecule has 1 heterocycles. The van der Waals surface area contributed by atoms with E-state index in [9.17, 15) is 14.7 Å². The molecule has 18 heavy (non-hydrogen) atoms. The summed E-state index contributed by atoms with van der Waals surface area (Å²) in [6.07, 6.45) is 3.30. The highest BCUT2D eigenvalue weighted by atomic mass is 32.1. The molecule has 1 aliphatic rings. The highest BCUT2D eigenvalue weighted by Crippen LogP contribution is 2.42. The average Bonchev–Trinajstić information content (AvgIpc) is 2.66. The first kappa shape index (κ1) is 13.0. The summed E-state index contributed by atoms with van der Waals surface area (Å²) in [6, 6.07) is 0. The molecule has 0 radical (unpaired) electrons. The Hall–Kier alpha value is -1.43. The van der Waals surface area contributed by atoms with Crippen molar-refractivity contribution in [3.8, 4) is 0 Å². The molecule has 0 bridgehead atoms. The van der Waals surface area contributed by atoms with Crippen molar-refractivity contribution in [2.75, 3.05) is 0 Å². The van der Waals surface area contributed by atoms with Crippen LogP contribution in [-0.2, 0) is 15.1 Å². The van der Waals surface area contributed by atoms with Gasteiger partial charge in [-0.25, -0.2) is 4.98 Å². The van der Waals surface area contributed by atoms with E-state index in [4.69, 9.17) is 0 Å². The smallest absolute Gasteiger partial charge is 0.319 e. The van der Waals surface area contributed by atoms with Crippen LogP contribution in [-0.4, -0.2) is 22.0 Å². The van der Waals surface area contributed by atoms with Crippen LogP contribution in [0.4, 0.5) is 0 Å². The Labute approximate surface area is 109 Å². The van der Waals surface area contributed by atoms with Crippen LogP contribution in [0, 0.1) is 5.41 Å². The molecule has 0 atom stereocenters. The third-order valence-corrected chi connectivity index (χ3v) is 4.54. The van der Waals surface area contributed by atoms with Crippen LogP contribution in [0.3, 0.4) is 0 Å². The molecule has 1 aromatic rings. The predicted molar refractivity (Wildman–Crippen MR) is 67.2 cm³/mol. The SMILES string of the molecule is CC(C)(NC(=O)C1(C(=O)O)CCC1)c1nccs1. The minimum absolute atomic E-state index is 0.401. The first-order valence-corrected chi connectivity index (χ1v) is 6.72. The standard InChI is InChI=1S/C12H16N2O3S/c1-11(2,9-13-6-7-18-9)14-8(15)12(10(16)17)4-3-5-12/h6-7H,3-5H2,1-2H3,(H,14,15)(H,16,17). The molecule has 1 aromatic heterocycles. The van der Waals surface area contributed by atoms with Gasteiger partial charge in [-0.3, -0.25) is 9.59 Å². The predicted octanol–water partition coefficient (Wildman–Crippen LogP) is 1.75. The van der Waals surface area contributed by atoms with Gasteiger partial charge in [-0.15, -0.1) is 11.3 Å². The topological polar surface area (TPSA) is 79.3 Å². The summed E-state index contributed by atoms with van der Waals surface area (Å²) in [4.78, 5) is 27.6. The van der Waals surface area contributed by atoms with Gasteiger partial charge in [0, 0.05) is 11.6 Å². The van der Waals surface area contributed by atoms with E-state index in [-0.39, 0.29) is 0 Å². The van der Waals surface area contributed by atoms with Crippen molar-refractivity contribution in [3.63, 3.8) is 0 Å². The van der Waals surface area contributed by atoms with Gasteiger partial charge < -0.3 is 10.4 Å². The number of carbonyl (C=O) groups is 2. The number of thiazole rings is 1. The van der Waals surface area contributed by atoms with Gasteiger partial charge in [-0.05, 0) is 26.7 Å². The third-order valence-electron chi connectivity index (χ3n) is 3.44. The second-order valence-corrected chi connectivity index (χ2v) is 6.05. The number of carboxylic acids is 1. The molecule has 0 saturated heterocycles. The summed E-state index contributed by atoms with van der Waals surface area (Å²) >= 11 is 1.44. The summed E-state index contributed by atoms with van der Waals surface area (Å²) in [5.41, 5.74) is -1.86. The normalized spacial score (nSPS) is 17.9. The van der Waals surface area contributed by atoms with Crippen LogP contribution in [0.25, 0.3) is 0 Å². The quantitative estimate of drug-likeness (QED) is 0.815. The number of amides is 1. The Morgan fingerprint density at radius 2 is 2.17 bits per heavy atom. The van der Waals surface area contributed by atoms with Gasteiger partial charge in [0.25, 0.3) is 0 Å². The Morgan fingerprint density at radius 3 is 2.56 bits per heavy atom. The number of aliphatic carboxylic acids is 1. The van der Waals surface area contributed by atoms with Gasteiger partial charge in [-0.2, -0.15) is 0 Å². The van der Waals surface area contributed by atoms with Gasteiger partial charge in [0.1, 0.15) is 10.4 Å². The van der Waals surface area contributed by atoms with Crippen LogP contribution in [0.5, 0.6) is 0 Å². The maximum absolute atomic E-state index is 12.2. The fraction of sp³-hybridized carbons (Fsp3) is 0.583. The van der Waals surface area contributed by atoms with E-state index in [0.29, 0.717) is 12.8 Å². The van der Waals surface area contributed by atoms with E-state index in [2.05, 4.69) is 10.3 Å². The summed E-state index contributed by atoms with van der Waals surface area (Å²) in [5, 5.41) is 14.6. The van der Waals surface area contributed by atoms with Gasteiger partial charge in [0.05, 0.1) is 5.54 Å². The number of nitrogens with zero attached hydrogens (tertiary/aromatic N) is 1. The van der Waals surface area contributed by atoms with E-state index < -0.39 is 22.8 Å². The Bertz CT molecular complexity index is 464. The summed E-state index contributed by atoms with van der Waals surface area (Å²) < 4.78 is 0. The largest absolute Gasteiger partial charge is 0.480 e. The maximum atomic E-state index is 12.2. The van der Waals surface area contributed by atoms with Crippen LogP contribution in [0.1, 0.15) is 38.1 Å². The van der Waals surface area contributed by atoms with Gasteiger partial charge in [0.2, 0.25) is 5.91 Å². The average molecular weight is 268 g/mol. The van der Waals surface area contributed by atoms with Crippen molar-refractivity contribution in [1.82, 2.24) is 10.3 Å². The van der Waals surface area contributed by atoms with Crippen molar-refractivity contribution in [3.05, 3.63) is 16.6 Å². The van der Waals surface area contributed by atoms with E-state index in [1.807, 2.05) is 19.2 Å². The fourth-order valence-electron chi connectivity index (χ4n) is 2.06. The van der Waals surface area contributed by atoms with Crippen LogP contribution < -0.4 is 5.32 Å². The molecule has 1 aliphatic carbocycles. The second kappa shape index (κ2) is 4.35. The summed E-state index contributed by atoms with van der Waals surface area (Å²) in [6.45, 7) is 3.66. The second-order valence-electron chi connectivity index (χ2n) is 5.16. The van der Waals surface area contributed by atoms with Crippen molar-refractivity contribution in [2.45, 2.75) is 38.6 Å². The lowest BCUT2D eigenvalue weighted by molar-refractivity contribution is -0.162. The highest BCUT2D eigenvalue weighted by Gasteiger charge is 2.52. The van der Waals surface area contributed by atoms with Gasteiger partial charge in [-0.1, -0.05) is 6.42 Å². The molecule has 0 aliphatic heterocycles. The third kappa shape index (κ3) is 2.01. The number of rotatable bonds is 4. The van der Waals surface area contributed by atoms with Gasteiger partial charge in [0.15, 0.2) is 0 Å². The number of hydrogen-bond acceptors (Lipinski definition) is 4. The van der Waals surface area contributed by atoms with Crippen molar-refractivity contribution in [2.24, 2.45) is 5.41 Å². The first-order chi connectivity index (χ1) is 8.38. The Morgan fingerprint density at radius 1 is 1.50 bits per heavy atom. The molecule has 2 N–H and O–H groups in total. The van der Waals surface area contributed by atoms with E-state index in [1.54, 1.807) is 6.20 Å². The molecule has 0 aromatic carbocycles. The van der Waals surface area contributed by atoms with E-state index in [1.165, 1.54) is 11.3 Å². The van der Waals surface area contributed by atoms with Crippen molar-refractivity contribution >= 4 is 23.2 Å². The van der Waals surface area contributed by atoms with Crippen molar-refractivity contribution < 1.29 is 14.7 Å². The summed E-state index contributed by atoms with van der Waals surface area (Å²) in [5.74, 6) is -1.43. The van der Waals surface area contributed by atoms with Crippen LogP contribution >= 0.6 is 11.3 Å². The number of carboxylic acid groups (broad SMARTS) is 1. The fourth-order valence-corrected chi connectivity index (χ4v) is 2.78. The summed E-state index contributed by atoms with van der Waals surface area (Å²) in [7, 11) is 0. The lowest BCUT2D eigenvalue weighted by Gasteiger charge is -2.38. The van der Waals surface area contributed by atoms with Crippen molar-refractivity contribution in [1.29, 1.82) is 0 Å². The molecule has 98 valence electrons. The minimum Gasteiger partial charge on any atom is -0.480 e. The number of hydrogen-bond donors (Lipinski definition) is 2. The van der Waals surface area contributed by atoms with Gasteiger partial charge >= 0.3 is 5.97 Å². The lowest BCUT2D eigenvalue weighted by atomic mass is 9.68. The number of nitrogens with one attached hydrogen (secondary N) is 1. The maximum Gasteiger partial charge on any atom is 0.319 e. The molecular weight excluding hydrogens is 252 g/mol. The Kier molecular flexibility index (Phi) is 3.14. The monoisotopic (exact) mass is 268 g/mol. The van der Waals surface area contributed by atoms with E-state index in [0.717, 1.165) is 11.4 Å². The highest BCUT2D eigenvalue weighted by molar-refractivity contribution is 7.09. The zero-order chi connectivity index (χ0) is 13.4. The number of carbonyl (C=O) groups excluding carboxylic acids is 1. The molecule has 0 unspecified atom stereocenters. The molecule has 6 heteroatoms. The Balaban J connectivity index is 2.14. The molecule has 1 saturated carbocycles. The number of aromatic nitrogens is 1. The molecule has 1 amide bonds. The molecule has 1 fully saturated rings. The minimum atomic E-state index is -1.23.